The zero-order chi connectivity index (χ0) is 20.9. The van der Waals surface area contributed by atoms with Crippen LogP contribution in [0.1, 0.15) is 18.2 Å². The lowest BCUT2D eigenvalue weighted by Crippen LogP contribution is -2.00. The minimum Gasteiger partial charge on any atom is -0.497 e. The summed E-state index contributed by atoms with van der Waals surface area (Å²) in [6.07, 6.45) is 4.05. The van der Waals surface area contributed by atoms with Crippen LogP contribution in [0.15, 0.2) is 78.9 Å². The van der Waals surface area contributed by atoms with E-state index in [0.717, 1.165) is 39.0 Å². The summed E-state index contributed by atoms with van der Waals surface area (Å²) in [6.45, 7) is 1.39. The number of aromatic nitrogens is 1. The third-order valence-corrected chi connectivity index (χ3v) is 4.72. The highest BCUT2D eigenvalue weighted by Crippen LogP contribution is 2.24. The van der Waals surface area contributed by atoms with E-state index in [0.29, 0.717) is 5.75 Å². The summed E-state index contributed by atoms with van der Waals surface area (Å²) in [6, 6.07) is 25.7. The van der Waals surface area contributed by atoms with Gasteiger partial charge in [-0.2, -0.15) is 0 Å². The molecule has 0 aliphatic carbocycles. The van der Waals surface area contributed by atoms with Gasteiger partial charge in [0.1, 0.15) is 11.5 Å². The highest BCUT2D eigenvalue weighted by Gasteiger charge is 2.02. The van der Waals surface area contributed by atoms with Crippen LogP contribution in [-0.2, 0) is 4.79 Å². The number of benzene rings is 3. The second-order valence-corrected chi connectivity index (χ2v) is 6.87. The van der Waals surface area contributed by atoms with E-state index < -0.39 is 0 Å². The summed E-state index contributed by atoms with van der Waals surface area (Å²) in [5, 5.41) is 1.05. The zero-order valence-electron chi connectivity index (χ0n) is 16.8. The largest absolute Gasteiger partial charge is 0.497 e. The monoisotopic (exact) mass is 395 g/mol. The predicted octanol–water partition coefficient (Wildman–Crippen LogP) is 6.01. The molecule has 0 unspecified atom stereocenters. The maximum atomic E-state index is 11.0. The Hall–Kier alpha value is -3.92. The molecule has 4 heteroatoms. The average molecular weight is 395 g/mol. The molecule has 1 heterocycles. The quantitative estimate of drug-likeness (QED) is 0.307. The van der Waals surface area contributed by atoms with Crippen molar-refractivity contribution in [3.63, 3.8) is 0 Å². The van der Waals surface area contributed by atoms with Crippen LogP contribution in [0.25, 0.3) is 34.2 Å². The molecule has 0 atom stereocenters. The van der Waals surface area contributed by atoms with Crippen molar-refractivity contribution >= 4 is 29.0 Å². The average Bonchev–Trinajstić information content (AvgIpc) is 2.78. The summed E-state index contributed by atoms with van der Waals surface area (Å²) in [4.78, 5) is 15.7. The first-order valence-corrected chi connectivity index (χ1v) is 9.62. The molecule has 0 aliphatic heterocycles. The first-order chi connectivity index (χ1) is 14.6. The number of methoxy groups -OCH3 is 1. The second kappa shape index (κ2) is 8.62. The van der Waals surface area contributed by atoms with Crippen LogP contribution in [0, 0.1) is 0 Å². The Labute approximate surface area is 175 Å². The van der Waals surface area contributed by atoms with Crippen LogP contribution >= 0.6 is 0 Å². The lowest BCUT2D eigenvalue weighted by atomic mass is 10.0. The fourth-order valence-corrected chi connectivity index (χ4v) is 3.19. The van der Waals surface area contributed by atoms with Gasteiger partial charge in [-0.05, 0) is 59.2 Å². The number of nitrogens with zero attached hydrogens (tertiary/aromatic N) is 1. The molecule has 0 N–H and O–H groups in total. The van der Waals surface area contributed by atoms with Crippen molar-refractivity contribution < 1.29 is 14.3 Å². The number of hydrogen-bond acceptors (Lipinski definition) is 4. The van der Waals surface area contributed by atoms with Crippen LogP contribution in [0.2, 0.25) is 0 Å². The van der Waals surface area contributed by atoms with Crippen molar-refractivity contribution in [3.05, 3.63) is 90.1 Å². The van der Waals surface area contributed by atoms with Crippen LogP contribution < -0.4 is 9.47 Å². The molecule has 0 spiro atoms. The van der Waals surface area contributed by atoms with E-state index in [9.17, 15) is 4.79 Å². The van der Waals surface area contributed by atoms with Crippen molar-refractivity contribution in [3.8, 4) is 22.6 Å². The van der Waals surface area contributed by atoms with Gasteiger partial charge in [0.2, 0.25) is 0 Å². The number of rotatable bonds is 5. The molecule has 30 heavy (non-hydrogen) atoms. The number of fused-ring (bicyclic) bond motifs is 1. The SMILES string of the molecule is COc1ccc2nc(C=Cc3ccc(-c4ccc(OC(C)=O)cc4)cc3)ccc2c1. The van der Waals surface area contributed by atoms with Gasteiger partial charge in [-0.3, -0.25) is 4.79 Å². The Balaban J connectivity index is 1.48. The molecule has 0 saturated carbocycles. The summed E-state index contributed by atoms with van der Waals surface area (Å²) in [7, 11) is 1.66. The summed E-state index contributed by atoms with van der Waals surface area (Å²) >= 11 is 0. The normalized spacial score (nSPS) is 11.0. The Bertz CT molecular complexity index is 1210. The molecule has 1 aromatic heterocycles. The minimum atomic E-state index is -0.320. The summed E-state index contributed by atoms with van der Waals surface area (Å²) in [5.41, 5.74) is 5.09. The molecule has 3 aromatic carbocycles. The fraction of sp³-hybridized carbons (Fsp3) is 0.0769. The van der Waals surface area contributed by atoms with Crippen LogP contribution in [0.5, 0.6) is 11.5 Å². The molecule has 4 rings (SSSR count). The molecule has 148 valence electrons. The topological polar surface area (TPSA) is 48.4 Å². The third-order valence-electron chi connectivity index (χ3n) is 4.72. The van der Waals surface area contributed by atoms with Gasteiger partial charge < -0.3 is 9.47 Å². The molecule has 0 bridgehead atoms. The number of ether oxygens (including phenoxy) is 2. The molecule has 4 nitrogen and oxygen atoms in total. The Morgan fingerprint density at radius 1 is 0.800 bits per heavy atom. The van der Waals surface area contributed by atoms with E-state index in [-0.39, 0.29) is 5.97 Å². The number of esters is 1. The number of pyridine rings is 1. The minimum absolute atomic E-state index is 0.320. The van der Waals surface area contributed by atoms with E-state index in [4.69, 9.17) is 9.47 Å². The van der Waals surface area contributed by atoms with E-state index in [2.05, 4.69) is 29.2 Å². The van der Waals surface area contributed by atoms with Crippen molar-refractivity contribution in [2.24, 2.45) is 0 Å². The van der Waals surface area contributed by atoms with Crippen molar-refractivity contribution in [1.29, 1.82) is 0 Å². The van der Waals surface area contributed by atoms with Crippen molar-refractivity contribution in [1.82, 2.24) is 4.98 Å². The predicted molar refractivity (Wildman–Crippen MR) is 120 cm³/mol. The van der Waals surface area contributed by atoms with Gasteiger partial charge in [0, 0.05) is 12.3 Å². The van der Waals surface area contributed by atoms with Crippen LogP contribution in [0.3, 0.4) is 0 Å². The molecule has 0 saturated heterocycles. The van der Waals surface area contributed by atoms with E-state index >= 15 is 0 Å². The van der Waals surface area contributed by atoms with Gasteiger partial charge in [-0.15, -0.1) is 0 Å². The molecule has 0 radical (unpaired) electrons. The Kier molecular flexibility index (Phi) is 5.57. The van der Waals surface area contributed by atoms with Gasteiger partial charge >= 0.3 is 5.97 Å². The number of carbonyl (C=O) groups excluding carboxylic acids is 1. The van der Waals surface area contributed by atoms with Gasteiger partial charge in [-0.25, -0.2) is 4.98 Å². The number of carbonyl (C=O) groups is 1. The van der Waals surface area contributed by atoms with Crippen LogP contribution in [0.4, 0.5) is 0 Å². The van der Waals surface area contributed by atoms with Crippen molar-refractivity contribution in [2.75, 3.05) is 7.11 Å². The lowest BCUT2D eigenvalue weighted by Gasteiger charge is -2.05. The molecule has 0 fully saturated rings. The molecular weight excluding hydrogens is 374 g/mol. The van der Waals surface area contributed by atoms with E-state index in [1.54, 1.807) is 19.2 Å². The van der Waals surface area contributed by atoms with Crippen molar-refractivity contribution in [2.45, 2.75) is 6.92 Å². The third kappa shape index (κ3) is 4.55. The highest BCUT2D eigenvalue weighted by molar-refractivity contribution is 5.82. The zero-order valence-corrected chi connectivity index (χ0v) is 16.8. The first-order valence-electron chi connectivity index (χ1n) is 9.62. The van der Waals surface area contributed by atoms with E-state index in [1.165, 1.54) is 6.92 Å². The van der Waals surface area contributed by atoms with Gasteiger partial charge in [-0.1, -0.05) is 48.5 Å². The summed E-state index contributed by atoms with van der Waals surface area (Å²) < 4.78 is 10.3. The molecule has 0 amide bonds. The Morgan fingerprint density at radius 3 is 2.13 bits per heavy atom. The van der Waals surface area contributed by atoms with Gasteiger partial charge in [0.25, 0.3) is 0 Å². The van der Waals surface area contributed by atoms with Gasteiger partial charge in [0.15, 0.2) is 0 Å². The first kappa shape index (κ1) is 19.4. The van der Waals surface area contributed by atoms with Gasteiger partial charge in [0.05, 0.1) is 18.3 Å². The van der Waals surface area contributed by atoms with E-state index in [1.807, 2.05) is 54.6 Å². The lowest BCUT2D eigenvalue weighted by molar-refractivity contribution is -0.131. The molecular formula is C26H21NO3. The fourth-order valence-electron chi connectivity index (χ4n) is 3.19. The molecule has 4 aromatic rings. The second-order valence-electron chi connectivity index (χ2n) is 6.87. The molecule has 0 aliphatic rings. The standard InChI is InChI=1S/C26H21NO3/c1-18(28)30-24-13-9-21(10-14-24)20-6-3-19(4-7-20)5-11-23-12-8-22-17-25(29-2)15-16-26(22)27-23/h3-17H,1-2H3. The Morgan fingerprint density at radius 2 is 1.47 bits per heavy atom. The maximum Gasteiger partial charge on any atom is 0.308 e. The highest BCUT2D eigenvalue weighted by atomic mass is 16.5. The van der Waals surface area contributed by atoms with Crippen LogP contribution in [-0.4, -0.2) is 18.1 Å². The smallest absolute Gasteiger partial charge is 0.308 e. The summed E-state index contributed by atoms with van der Waals surface area (Å²) in [5.74, 6) is 1.06. The number of hydrogen-bond donors (Lipinski definition) is 0. The maximum absolute atomic E-state index is 11.0.